The van der Waals surface area contributed by atoms with Crippen molar-refractivity contribution in [3.63, 3.8) is 0 Å². The minimum absolute atomic E-state index is 0. The summed E-state index contributed by atoms with van der Waals surface area (Å²) in [6.07, 6.45) is 5.01. The van der Waals surface area contributed by atoms with Gasteiger partial charge in [-0.3, -0.25) is 18.4 Å². The molecular formula is C52H62ClN3O4S2. The van der Waals surface area contributed by atoms with Gasteiger partial charge in [0.15, 0.2) is 0 Å². The molecule has 6 rings (SSSR count). The molecule has 10 heteroatoms. The summed E-state index contributed by atoms with van der Waals surface area (Å²) in [5, 5.41) is 3.94. The number of rotatable bonds is 18. The topological polar surface area (TPSA) is 90.4 Å². The van der Waals surface area contributed by atoms with Crippen LogP contribution in [-0.2, 0) is 60.7 Å². The number of aromatic nitrogens is 2. The Labute approximate surface area is 380 Å². The van der Waals surface area contributed by atoms with Crippen molar-refractivity contribution in [2.24, 2.45) is 11.8 Å². The van der Waals surface area contributed by atoms with E-state index in [0.29, 0.717) is 46.2 Å². The Bertz CT molecular complexity index is 2350. The van der Waals surface area contributed by atoms with Crippen molar-refractivity contribution in [2.75, 3.05) is 12.5 Å². The Morgan fingerprint density at radius 3 is 1.23 bits per heavy atom. The predicted octanol–water partition coefficient (Wildman–Crippen LogP) is 11.8. The van der Waals surface area contributed by atoms with Gasteiger partial charge < -0.3 is 14.8 Å². The highest BCUT2D eigenvalue weighted by molar-refractivity contribution is 7.84. The number of nitrogens with zero attached hydrogens (tertiary/aromatic N) is 2. The van der Waals surface area contributed by atoms with E-state index in [-0.39, 0.29) is 25.6 Å². The minimum Gasteiger partial charge on any atom is -0.488 e. The molecule has 7 nitrogen and oxygen atoms in total. The SMILES string of the molecule is Cc1ccc(-c2c(COc3ccccc3S(C)=O)c(C)nc(CC(C)C)c2CNCc2c(CC(C)C)nc(C)c(COc3ccccc3S(C)=O)c2-c2ccc(C)cc2)cc1.Cl. The van der Waals surface area contributed by atoms with Crippen LogP contribution in [0.25, 0.3) is 22.3 Å². The fraction of sp³-hybridized carbons (Fsp3) is 0.346. The predicted molar refractivity (Wildman–Crippen MR) is 259 cm³/mol. The van der Waals surface area contributed by atoms with E-state index in [2.05, 4.69) is 109 Å². The van der Waals surface area contributed by atoms with Crippen LogP contribution in [0.3, 0.4) is 0 Å². The van der Waals surface area contributed by atoms with Crippen LogP contribution in [0.4, 0.5) is 0 Å². The van der Waals surface area contributed by atoms with Crippen LogP contribution in [0.1, 0.15) is 83.9 Å². The van der Waals surface area contributed by atoms with E-state index in [4.69, 9.17) is 19.4 Å². The van der Waals surface area contributed by atoms with Crippen LogP contribution in [0.2, 0.25) is 0 Å². The van der Waals surface area contributed by atoms with Crippen molar-refractivity contribution in [1.82, 2.24) is 15.3 Å². The molecule has 0 saturated heterocycles. The number of pyridine rings is 2. The van der Waals surface area contributed by atoms with Crippen molar-refractivity contribution in [3.8, 4) is 33.8 Å². The molecule has 62 heavy (non-hydrogen) atoms. The maximum absolute atomic E-state index is 12.7. The first-order chi connectivity index (χ1) is 29.2. The monoisotopic (exact) mass is 891 g/mol. The smallest absolute Gasteiger partial charge is 0.135 e. The summed E-state index contributed by atoms with van der Waals surface area (Å²) in [6.45, 7) is 19.0. The second-order valence-corrected chi connectivity index (χ2v) is 19.6. The van der Waals surface area contributed by atoms with Crippen LogP contribution in [-0.4, -0.2) is 30.9 Å². The van der Waals surface area contributed by atoms with Crippen molar-refractivity contribution in [1.29, 1.82) is 0 Å². The molecule has 2 unspecified atom stereocenters. The van der Waals surface area contributed by atoms with Crippen LogP contribution in [0.15, 0.2) is 107 Å². The molecule has 4 aromatic carbocycles. The molecule has 0 fully saturated rings. The van der Waals surface area contributed by atoms with Gasteiger partial charge in [-0.05, 0) is 110 Å². The molecule has 0 aliphatic carbocycles. The van der Waals surface area contributed by atoms with Gasteiger partial charge in [0.25, 0.3) is 0 Å². The molecule has 0 aliphatic rings. The average Bonchev–Trinajstić information content (AvgIpc) is 3.21. The van der Waals surface area contributed by atoms with E-state index in [1.54, 1.807) is 12.5 Å². The van der Waals surface area contributed by atoms with Crippen LogP contribution < -0.4 is 14.8 Å². The van der Waals surface area contributed by atoms with E-state index in [0.717, 1.165) is 80.1 Å². The molecule has 0 spiro atoms. The number of halogens is 1. The molecule has 6 aromatic rings. The lowest BCUT2D eigenvalue weighted by molar-refractivity contribution is 0.297. The van der Waals surface area contributed by atoms with E-state index in [9.17, 15) is 8.42 Å². The molecule has 0 bridgehead atoms. The third kappa shape index (κ3) is 11.9. The van der Waals surface area contributed by atoms with Crippen molar-refractivity contribution in [2.45, 2.75) is 104 Å². The quantitative estimate of drug-likeness (QED) is 0.0919. The lowest BCUT2D eigenvalue weighted by atomic mass is 9.89. The van der Waals surface area contributed by atoms with E-state index in [1.807, 2.05) is 48.5 Å². The Balaban J connectivity index is 0.00000726. The normalized spacial score (nSPS) is 12.3. The fourth-order valence-corrected chi connectivity index (χ4v) is 9.26. The molecule has 2 atom stereocenters. The highest BCUT2D eigenvalue weighted by Gasteiger charge is 2.24. The Morgan fingerprint density at radius 2 is 0.887 bits per heavy atom. The summed E-state index contributed by atoms with van der Waals surface area (Å²) in [4.78, 5) is 12.0. The number of hydrogen-bond acceptors (Lipinski definition) is 7. The molecule has 1 N–H and O–H groups in total. The number of para-hydroxylation sites is 2. The zero-order chi connectivity index (χ0) is 43.8. The average molecular weight is 893 g/mol. The number of aryl methyl sites for hydroxylation is 4. The fourth-order valence-electron chi connectivity index (χ4n) is 7.90. The second kappa shape index (κ2) is 22.1. The molecule has 0 amide bonds. The standard InChI is InChI=1S/C52H61N3O4S2.ClH/c1-33(2)27-45-41(51(39-23-19-35(5)20-24-39)43(37(7)54-45)31-58-47-15-11-13-17-49(47)60(9)56)29-53-30-42-46(28-34(3)4)55-38(8)44(52(42)40-25-21-36(6)22-26-40)32-59-48-16-12-14-18-50(48)61(10)57;/h11-26,33-34,53H,27-32H2,1-10H3;1H. The van der Waals surface area contributed by atoms with Crippen LogP contribution >= 0.6 is 12.4 Å². The van der Waals surface area contributed by atoms with Crippen molar-refractivity contribution in [3.05, 3.63) is 153 Å². The summed E-state index contributed by atoms with van der Waals surface area (Å²) in [7, 11) is -2.40. The lowest BCUT2D eigenvalue weighted by Gasteiger charge is -2.25. The molecule has 0 saturated carbocycles. The van der Waals surface area contributed by atoms with Gasteiger partial charge in [0.05, 0.1) is 31.4 Å². The van der Waals surface area contributed by atoms with Crippen LogP contribution in [0.5, 0.6) is 11.5 Å². The van der Waals surface area contributed by atoms with E-state index >= 15 is 0 Å². The Morgan fingerprint density at radius 1 is 0.532 bits per heavy atom. The van der Waals surface area contributed by atoms with Crippen molar-refractivity contribution < 1.29 is 17.9 Å². The highest BCUT2D eigenvalue weighted by atomic mass is 35.5. The number of ether oxygens (including phenoxy) is 2. The maximum atomic E-state index is 12.7. The summed E-state index contributed by atoms with van der Waals surface area (Å²) >= 11 is 0. The first kappa shape index (κ1) is 48.4. The van der Waals surface area contributed by atoms with Gasteiger partial charge in [0.2, 0.25) is 0 Å². The van der Waals surface area contributed by atoms with E-state index < -0.39 is 21.6 Å². The Kier molecular flexibility index (Phi) is 17.2. The lowest BCUT2D eigenvalue weighted by Crippen LogP contribution is -2.21. The molecular weight excluding hydrogens is 830 g/mol. The molecule has 2 aromatic heterocycles. The van der Waals surface area contributed by atoms with Crippen molar-refractivity contribution >= 4 is 34.0 Å². The van der Waals surface area contributed by atoms with Gasteiger partial charge in [-0.15, -0.1) is 12.4 Å². The first-order valence-corrected chi connectivity index (χ1v) is 24.3. The summed E-state index contributed by atoms with van der Waals surface area (Å²) in [5.41, 5.74) is 15.1. The molecule has 2 heterocycles. The van der Waals surface area contributed by atoms with Crippen LogP contribution in [0, 0.1) is 39.5 Å². The van der Waals surface area contributed by atoms with Gasteiger partial charge >= 0.3 is 0 Å². The number of hydrogen-bond donors (Lipinski definition) is 1. The second-order valence-electron chi connectivity index (χ2n) is 16.9. The maximum Gasteiger partial charge on any atom is 0.135 e. The third-order valence-corrected chi connectivity index (χ3v) is 12.8. The minimum atomic E-state index is -1.20. The number of nitrogens with one attached hydrogen (secondary N) is 1. The zero-order valence-electron chi connectivity index (χ0n) is 37.9. The summed E-state index contributed by atoms with van der Waals surface area (Å²) < 4.78 is 38.4. The Hall–Kier alpha value is -4.67. The van der Waals surface area contributed by atoms with Gasteiger partial charge in [0, 0.05) is 59.5 Å². The largest absolute Gasteiger partial charge is 0.488 e. The summed E-state index contributed by atoms with van der Waals surface area (Å²) in [6, 6.07) is 32.6. The third-order valence-electron chi connectivity index (χ3n) is 10.9. The first-order valence-electron chi connectivity index (χ1n) is 21.2. The molecule has 0 aliphatic heterocycles. The molecule has 328 valence electrons. The van der Waals surface area contributed by atoms with Gasteiger partial charge in [-0.2, -0.15) is 0 Å². The van der Waals surface area contributed by atoms with Gasteiger partial charge in [-0.25, -0.2) is 0 Å². The highest BCUT2D eigenvalue weighted by Crippen LogP contribution is 2.37. The zero-order valence-corrected chi connectivity index (χ0v) is 40.3. The van der Waals surface area contributed by atoms with Gasteiger partial charge in [-0.1, -0.05) is 112 Å². The van der Waals surface area contributed by atoms with Gasteiger partial charge in [0.1, 0.15) is 24.7 Å². The summed E-state index contributed by atoms with van der Waals surface area (Å²) in [5.74, 6) is 2.00. The van der Waals surface area contributed by atoms with E-state index in [1.165, 1.54) is 11.1 Å². The number of benzene rings is 4. The molecule has 0 radical (unpaired) electrons.